The van der Waals surface area contributed by atoms with Crippen molar-refractivity contribution in [3.63, 3.8) is 0 Å². The van der Waals surface area contributed by atoms with Gasteiger partial charge in [0.1, 0.15) is 6.33 Å². The third-order valence-corrected chi connectivity index (χ3v) is 6.51. The molecule has 1 saturated heterocycles. The van der Waals surface area contributed by atoms with Gasteiger partial charge in [-0.15, -0.1) is 0 Å². The number of carbonyl (C=O) groups excluding carboxylic acids is 1. The molecule has 1 N–H and O–H groups in total. The second kappa shape index (κ2) is 9.75. The van der Waals surface area contributed by atoms with Crippen molar-refractivity contribution in [2.45, 2.75) is 19.3 Å². The van der Waals surface area contributed by atoms with Gasteiger partial charge in [0.15, 0.2) is 5.17 Å². The number of carbonyl (C=O) groups is 1. The van der Waals surface area contributed by atoms with E-state index in [2.05, 4.69) is 25.4 Å². The van der Waals surface area contributed by atoms with Gasteiger partial charge in [-0.05, 0) is 53.2 Å². The van der Waals surface area contributed by atoms with E-state index in [1.165, 1.54) is 34.9 Å². The molecule has 0 spiro atoms. The minimum atomic E-state index is -4.53. The van der Waals surface area contributed by atoms with E-state index in [9.17, 15) is 18.0 Å². The molecule has 0 aliphatic carbocycles. The molecule has 36 heavy (non-hydrogen) atoms. The van der Waals surface area contributed by atoms with Gasteiger partial charge in [0.2, 0.25) is 0 Å². The summed E-state index contributed by atoms with van der Waals surface area (Å²) in [6.45, 7) is 0.270. The van der Waals surface area contributed by atoms with Gasteiger partial charge in [0, 0.05) is 28.4 Å². The van der Waals surface area contributed by atoms with Crippen molar-refractivity contribution in [3.05, 3.63) is 93.5 Å². The van der Waals surface area contributed by atoms with E-state index >= 15 is 0 Å². The summed E-state index contributed by atoms with van der Waals surface area (Å²) in [6, 6.07) is 9.07. The van der Waals surface area contributed by atoms with E-state index in [-0.39, 0.29) is 23.0 Å². The highest BCUT2D eigenvalue weighted by molar-refractivity contribution is 8.18. The topological polar surface area (TPSA) is 85.1 Å². The molecule has 2 aromatic heterocycles. The maximum absolute atomic E-state index is 13.5. The molecule has 0 radical (unpaired) electrons. The van der Waals surface area contributed by atoms with Crippen LogP contribution in [0.4, 0.5) is 13.2 Å². The zero-order valence-electron chi connectivity index (χ0n) is 18.3. The van der Waals surface area contributed by atoms with Crippen LogP contribution in [0.1, 0.15) is 22.3 Å². The molecule has 182 valence electrons. The number of thioether (sulfide) groups is 1. The van der Waals surface area contributed by atoms with Crippen LogP contribution in [0.3, 0.4) is 0 Å². The summed E-state index contributed by atoms with van der Waals surface area (Å²) in [5.41, 5.74) is 1.51. The molecule has 3 heterocycles. The number of fused-ring (bicyclic) bond motifs is 1. The number of nitrogens with zero attached hydrogens (tertiary/aromatic N) is 5. The lowest BCUT2D eigenvalue weighted by atomic mass is 10.1. The van der Waals surface area contributed by atoms with E-state index < -0.39 is 11.7 Å². The molecule has 5 rings (SSSR count). The lowest BCUT2D eigenvalue weighted by Crippen LogP contribution is -2.19. The fourth-order valence-electron chi connectivity index (χ4n) is 3.66. The Morgan fingerprint density at radius 3 is 2.69 bits per heavy atom. The predicted molar refractivity (Wildman–Crippen MR) is 132 cm³/mol. The van der Waals surface area contributed by atoms with Crippen LogP contribution in [-0.4, -0.2) is 30.8 Å². The maximum atomic E-state index is 13.5. The van der Waals surface area contributed by atoms with E-state index in [0.717, 1.165) is 22.6 Å². The molecule has 1 aliphatic heterocycles. The molecular formula is C24H16ClF3N6OS. The fourth-order valence-corrected chi connectivity index (χ4v) is 4.65. The highest BCUT2D eigenvalue weighted by atomic mass is 35.5. The summed E-state index contributed by atoms with van der Waals surface area (Å²) in [6.07, 6.45) is 3.52. The number of alkyl halides is 3. The summed E-state index contributed by atoms with van der Waals surface area (Å²) in [7, 11) is 0. The molecule has 7 nitrogen and oxygen atoms in total. The minimum absolute atomic E-state index is 0.0187. The second-order valence-electron chi connectivity index (χ2n) is 7.85. The number of nitrogens with one attached hydrogen (secondary N) is 1. The van der Waals surface area contributed by atoms with Crippen molar-refractivity contribution in [3.8, 4) is 0 Å². The standard InChI is InChI=1S/C24H16ClF3N6OS/c25-18-3-2-16(19(7-18)24(26,27)28)12-34-20-4-1-14(5-17(20)11-32-34)6-21-22(35)33-23(36-21)31-10-15-8-29-13-30-9-15/h1-9,11,13H,10,12H2,(H,31,33,35)/b21-6-. The van der Waals surface area contributed by atoms with Crippen molar-refractivity contribution in [1.29, 1.82) is 0 Å². The molecule has 1 amide bonds. The van der Waals surface area contributed by atoms with Gasteiger partial charge >= 0.3 is 6.18 Å². The fraction of sp³-hybridized carbons (Fsp3) is 0.125. The minimum Gasteiger partial charge on any atom is -0.301 e. The van der Waals surface area contributed by atoms with Crippen molar-refractivity contribution in [1.82, 2.24) is 25.1 Å². The lowest BCUT2D eigenvalue weighted by Gasteiger charge is -2.14. The smallest absolute Gasteiger partial charge is 0.301 e. The summed E-state index contributed by atoms with van der Waals surface area (Å²) < 4.78 is 41.9. The molecule has 2 aromatic carbocycles. The van der Waals surface area contributed by atoms with Crippen LogP contribution in [0.2, 0.25) is 5.02 Å². The Labute approximate surface area is 212 Å². The molecule has 4 aromatic rings. The first kappa shape index (κ1) is 24.0. The number of aliphatic imine (C=N–C) groups is 1. The van der Waals surface area contributed by atoms with E-state index in [1.807, 2.05) is 6.07 Å². The Bertz CT molecular complexity index is 1520. The van der Waals surface area contributed by atoms with Crippen molar-refractivity contribution in [2.75, 3.05) is 0 Å². The van der Waals surface area contributed by atoms with Crippen LogP contribution >= 0.6 is 23.4 Å². The van der Waals surface area contributed by atoms with Gasteiger partial charge in [-0.1, -0.05) is 23.7 Å². The maximum Gasteiger partial charge on any atom is 0.416 e. The van der Waals surface area contributed by atoms with Crippen LogP contribution in [-0.2, 0) is 24.1 Å². The number of aromatic nitrogens is 4. The Morgan fingerprint density at radius 2 is 1.92 bits per heavy atom. The first-order chi connectivity index (χ1) is 17.3. The van der Waals surface area contributed by atoms with E-state index in [4.69, 9.17) is 11.6 Å². The Hall–Kier alpha value is -3.70. The van der Waals surface area contributed by atoms with Gasteiger partial charge < -0.3 is 5.32 Å². The molecular weight excluding hydrogens is 513 g/mol. The van der Waals surface area contributed by atoms with Crippen LogP contribution in [0, 0.1) is 0 Å². The largest absolute Gasteiger partial charge is 0.416 e. The highest BCUT2D eigenvalue weighted by Gasteiger charge is 2.33. The van der Waals surface area contributed by atoms with Gasteiger partial charge in [-0.3, -0.25) is 14.5 Å². The number of hydrogen-bond acceptors (Lipinski definition) is 6. The summed E-state index contributed by atoms with van der Waals surface area (Å²) in [4.78, 5) is 25.1. The number of amidine groups is 1. The van der Waals surface area contributed by atoms with Crippen LogP contribution in [0.15, 0.2) is 71.2 Å². The molecule has 0 unspecified atom stereocenters. The van der Waals surface area contributed by atoms with Gasteiger partial charge in [0.05, 0.1) is 35.3 Å². The normalized spacial score (nSPS) is 16.3. The number of benzene rings is 2. The predicted octanol–water partition coefficient (Wildman–Crippen LogP) is 5.31. The number of halogens is 4. The SMILES string of the molecule is O=C1NC(=NCc2cncnc2)S/C1=C\c1ccc2c(cnn2Cc2ccc(Cl)cc2C(F)(F)F)c1. The molecule has 0 saturated carbocycles. The van der Waals surface area contributed by atoms with Crippen LogP contribution < -0.4 is 5.32 Å². The Morgan fingerprint density at radius 1 is 1.11 bits per heavy atom. The molecule has 0 bridgehead atoms. The van der Waals surface area contributed by atoms with Gasteiger partial charge in [-0.2, -0.15) is 18.3 Å². The Kier molecular flexibility index (Phi) is 6.50. The molecule has 12 heteroatoms. The molecule has 1 aliphatic rings. The summed E-state index contributed by atoms with van der Waals surface area (Å²) in [5, 5.41) is 8.23. The van der Waals surface area contributed by atoms with Crippen LogP contribution in [0.5, 0.6) is 0 Å². The summed E-state index contributed by atoms with van der Waals surface area (Å²) >= 11 is 7.00. The second-order valence-corrected chi connectivity index (χ2v) is 9.32. The number of amides is 1. The third-order valence-electron chi connectivity index (χ3n) is 5.33. The van der Waals surface area contributed by atoms with Gasteiger partial charge in [-0.25, -0.2) is 9.97 Å². The van der Waals surface area contributed by atoms with E-state index in [0.29, 0.717) is 22.1 Å². The first-order valence-corrected chi connectivity index (χ1v) is 11.8. The van der Waals surface area contributed by atoms with E-state index in [1.54, 1.807) is 36.8 Å². The molecule has 1 fully saturated rings. The zero-order valence-corrected chi connectivity index (χ0v) is 19.9. The number of rotatable bonds is 5. The third kappa shape index (κ3) is 5.26. The van der Waals surface area contributed by atoms with Crippen molar-refractivity contribution >= 4 is 51.4 Å². The Balaban J connectivity index is 1.35. The highest BCUT2D eigenvalue weighted by Crippen LogP contribution is 2.34. The zero-order chi connectivity index (χ0) is 25.3. The average molecular weight is 529 g/mol. The quantitative estimate of drug-likeness (QED) is 0.355. The van der Waals surface area contributed by atoms with Crippen LogP contribution in [0.25, 0.3) is 17.0 Å². The van der Waals surface area contributed by atoms with Crippen molar-refractivity contribution < 1.29 is 18.0 Å². The number of hydrogen-bond donors (Lipinski definition) is 1. The monoisotopic (exact) mass is 528 g/mol. The van der Waals surface area contributed by atoms with Gasteiger partial charge in [0.25, 0.3) is 5.91 Å². The molecule has 0 atom stereocenters. The average Bonchev–Trinajstić information content (AvgIpc) is 3.41. The lowest BCUT2D eigenvalue weighted by molar-refractivity contribution is -0.138. The first-order valence-electron chi connectivity index (χ1n) is 10.6. The van der Waals surface area contributed by atoms with Crippen molar-refractivity contribution in [2.24, 2.45) is 4.99 Å². The summed E-state index contributed by atoms with van der Waals surface area (Å²) in [5.74, 6) is -0.263.